The van der Waals surface area contributed by atoms with Gasteiger partial charge in [-0.2, -0.15) is 13.2 Å². The summed E-state index contributed by atoms with van der Waals surface area (Å²) in [5, 5.41) is 16.0. The minimum absolute atomic E-state index is 0.115. The second kappa shape index (κ2) is 7.62. The first kappa shape index (κ1) is 20.5. The molecule has 0 aliphatic carbocycles. The molecule has 1 aliphatic heterocycles. The number of sulfonamides is 1. The van der Waals surface area contributed by atoms with E-state index >= 15 is 0 Å². The fourth-order valence-corrected chi connectivity index (χ4v) is 3.79. The Morgan fingerprint density at radius 3 is 2.61 bits per heavy atom. The van der Waals surface area contributed by atoms with Gasteiger partial charge < -0.3 is 9.62 Å². The van der Waals surface area contributed by atoms with Crippen molar-refractivity contribution in [3.8, 4) is 0 Å². The molecule has 13 heteroatoms. The highest BCUT2D eigenvalue weighted by molar-refractivity contribution is 7.95. The minimum Gasteiger partial charge on any atom is -0.568 e. The Morgan fingerprint density at radius 1 is 1.29 bits per heavy atom. The third-order valence-corrected chi connectivity index (χ3v) is 5.86. The Labute approximate surface area is 163 Å². The van der Waals surface area contributed by atoms with Crippen molar-refractivity contribution in [2.24, 2.45) is 10.2 Å². The third-order valence-electron chi connectivity index (χ3n) is 4.11. The molecule has 0 radical (unpaired) electrons. The molecule has 0 saturated carbocycles. The minimum atomic E-state index is -5.73. The van der Waals surface area contributed by atoms with Gasteiger partial charge in [-0.15, -0.1) is 20.4 Å². The van der Waals surface area contributed by atoms with E-state index in [-0.39, 0.29) is 16.9 Å². The Kier molecular flexibility index (Phi) is 5.57. The van der Waals surface area contributed by atoms with Crippen molar-refractivity contribution in [2.45, 2.75) is 38.2 Å². The van der Waals surface area contributed by atoms with Crippen LogP contribution in [0.4, 0.5) is 35.4 Å². The molecule has 1 saturated heterocycles. The molecule has 0 spiro atoms. The van der Waals surface area contributed by atoms with Crippen molar-refractivity contribution in [1.29, 1.82) is 0 Å². The van der Waals surface area contributed by atoms with Gasteiger partial charge >= 0.3 is 5.51 Å². The summed E-state index contributed by atoms with van der Waals surface area (Å²) < 4.78 is 64.5. The molecule has 8 nitrogen and oxygen atoms in total. The van der Waals surface area contributed by atoms with Crippen LogP contribution in [-0.4, -0.2) is 36.7 Å². The molecule has 1 aromatic heterocycles. The number of anilines is 1. The van der Waals surface area contributed by atoms with Gasteiger partial charge in [0.2, 0.25) is 0 Å². The SMILES string of the molecule is Cc1nnc(N=Nc2ccc(N3CCCC3C)cc2[N-]S(=O)(=O)C(F)(F)F)s1. The van der Waals surface area contributed by atoms with Crippen molar-refractivity contribution < 1.29 is 21.6 Å². The highest BCUT2D eigenvalue weighted by atomic mass is 32.2. The first-order valence-electron chi connectivity index (χ1n) is 8.23. The van der Waals surface area contributed by atoms with Crippen molar-refractivity contribution in [3.63, 3.8) is 0 Å². The highest BCUT2D eigenvalue weighted by Gasteiger charge is 2.39. The average Bonchev–Trinajstić information content (AvgIpc) is 3.20. The van der Waals surface area contributed by atoms with Crippen LogP contribution in [0.5, 0.6) is 0 Å². The number of alkyl halides is 3. The van der Waals surface area contributed by atoms with Gasteiger partial charge in [-0.3, -0.25) is 0 Å². The molecule has 0 amide bonds. The summed E-state index contributed by atoms with van der Waals surface area (Å²) in [6.07, 6.45) is 1.87. The summed E-state index contributed by atoms with van der Waals surface area (Å²) in [7, 11) is -5.73. The second-order valence-electron chi connectivity index (χ2n) is 6.17. The van der Waals surface area contributed by atoms with Crippen molar-refractivity contribution in [2.75, 3.05) is 11.4 Å². The standard InChI is InChI=1S/C15H16F3N6O2S2/c1-9-4-3-7-24(9)11-5-6-12(20-22-14-21-19-10(2)27-14)13(8-11)23-28(25,26)15(16,17)18/h5-6,8-9H,3-4,7H2,1-2H3/q-1. The second-order valence-corrected chi connectivity index (χ2v) is 8.93. The van der Waals surface area contributed by atoms with Gasteiger partial charge in [-0.1, -0.05) is 23.1 Å². The summed E-state index contributed by atoms with van der Waals surface area (Å²) >= 11 is 1.13. The molecule has 152 valence electrons. The van der Waals surface area contributed by atoms with Gasteiger partial charge in [0, 0.05) is 18.3 Å². The van der Waals surface area contributed by atoms with Crippen LogP contribution in [0.2, 0.25) is 0 Å². The molecular formula is C15H16F3N6O2S2-. The van der Waals surface area contributed by atoms with Gasteiger partial charge in [0.15, 0.2) is 10.0 Å². The maximum Gasteiger partial charge on any atom is 0.483 e. The zero-order chi connectivity index (χ0) is 20.5. The van der Waals surface area contributed by atoms with Crippen LogP contribution in [0.15, 0.2) is 28.4 Å². The fraction of sp³-hybridized carbons (Fsp3) is 0.467. The first-order valence-corrected chi connectivity index (χ1v) is 10.5. The molecule has 1 fully saturated rings. The lowest BCUT2D eigenvalue weighted by atomic mass is 10.2. The lowest BCUT2D eigenvalue weighted by Crippen LogP contribution is -2.26. The van der Waals surface area contributed by atoms with E-state index in [9.17, 15) is 21.6 Å². The topological polar surface area (TPSA) is 102 Å². The summed E-state index contributed by atoms with van der Waals surface area (Å²) in [5.41, 5.74) is -5.48. The molecule has 1 aromatic carbocycles. The molecule has 2 heterocycles. The van der Waals surface area contributed by atoms with Crippen LogP contribution in [0.3, 0.4) is 0 Å². The lowest BCUT2D eigenvalue weighted by molar-refractivity contribution is -0.0425. The largest absolute Gasteiger partial charge is 0.568 e. The summed E-state index contributed by atoms with van der Waals surface area (Å²) in [4.78, 5) is 1.98. The van der Waals surface area contributed by atoms with E-state index in [4.69, 9.17) is 0 Å². The zero-order valence-electron chi connectivity index (χ0n) is 14.9. The van der Waals surface area contributed by atoms with E-state index in [1.54, 1.807) is 13.0 Å². The normalized spacial score (nSPS) is 18.2. The number of benzene rings is 1. The quantitative estimate of drug-likeness (QED) is 0.610. The van der Waals surface area contributed by atoms with Crippen LogP contribution in [0.25, 0.3) is 4.72 Å². The molecule has 0 N–H and O–H groups in total. The van der Waals surface area contributed by atoms with E-state index in [0.717, 1.165) is 30.7 Å². The Balaban J connectivity index is 1.99. The smallest absolute Gasteiger partial charge is 0.483 e. The molecule has 2 aromatic rings. The number of halogens is 3. The van der Waals surface area contributed by atoms with Crippen LogP contribution in [0.1, 0.15) is 24.8 Å². The van der Waals surface area contributed by atoms with Crippen LogP contribution >= 0.6 is 11.3 Å². The van der Waals surface area contributed by atoms with Crippen molar-refractivity contribution in [1.82, 2.24) is 10.2 Å². The molecule has 1 atom stereocenters. The monoisotopic (exact) mass is 433 g/mol. The number of aryl methyl sites for hydroxylation is 1. The molecule has 3 rings (SSSR count). The van der Waals surface area contributed by atoms with Gasteiger partial charge in [0.25, 0.3) is 5.13 Å². The maximum absolute atomic E-state index is 12.8. The predicted molar refractivity (Wildman–Crippen MR) is 99.3 cm³/mol. The summed E-state index contributed by atoms with van der Waals surface area (Å²) in [6, 6.07) is 4.51. The molecular weight excluding hydrogens is 417 g/mol. The summed E-state index contributed by atoms with van der Waals surface area (Å²) in [5.74, 6) is 0. The maximum atomic E-state index is 12.8. The van der Waals surface area contributed by atoms with E-state index < -0.39 is 21.2 Å². The fourth-order valence-electron chi connectivity index (χ4n) is 2.77. The molecule has 28 heavy (non-hydrogen) atoms. The number of hydrogen-bond donors (Lipinski definition) is 0. The van der Waals surface area contributed by atoms with E-state index in [0.29, 0.717) is 10.7 Å². The van der Waals surface area contributed by atoms with Gasteiger partial charge in [0.05, 0.1) is 5.69 Å². The number of hydrogen-bond acceptors (Lipinski definition) is 8. The highest BCUT2D eigenvalue weighted by Crippen LogP contribution is 2.43. The third kappa shape index (κ3) is 4.41. The zero-order valence-corrected chi connectivity index (χ0v) is 16.5. The van der Waals surface area contributed by atoms with Gasteiger partial charge in [-0.25, -0.2) is 8.42 Å². The van der Waals surface area contributed by atoms with Crippen molar-refractivity contribution >= 4 is 43.6 Å². The Morgan fingerprint density at radius 2 is 2.04 bits per heavy atom. The number of nitrogens with zero attached hydrogens (tertiary/aromatic N) is 6. The van der Waals surface area contributed by atoms with Crippen LogP contribution in [-0.2, 0) is 10.0 Å². The van der Waals surface area contributed by atoms with Crippen LogP contribution in [0, 0.1) is 6.92 Å². The number of aromatic nitrogens is 2. The average molecular weight is 433 g/mol. The predicted octanol–water partition coefficient (Wildman–Crippen LogP) is 5.11. The first-order chi connectivity index (χ1) is 13.1. The van der Waals surface area contributed by atoms with Crippen LogP contribution < -0.4 is 4.90 Å². The van der Waals surface area contributed by atoms with E-state index in [2.05, 4.69) is 25.1 Å². The summed E-state index contributed by atoms with van der Waals surface area (Å²) in [6.45, 7) is 4.42. The van der Waals surface area contributed by atoms with Gasteiger partial charge in [0.1, 0.15) is 5.01 Å². The lowest BCUT2D eigenvalue weighted by Gasteiger charge is -2.29. The molecule has 1 aliphatic rings. The van der Waals surface area contributed by atoms with E-state index in [1.807, 2.05) is 11.8 Å². The van der Waals surface area contributed by atoms with Gasteiger partial charge in [-0.05, 0) is 38.8 Å². The number of azo groups is 1. The molecule has 1 unspecified atom stereocenters. The molecule has 0 bridgehead atoms. The Hall–Kier alpha value is -2.28. The van der Waals surface area contributed by atoms with Crippen molar-refractivity contribution in [3.05, 3.63) is 27.9 Å². The number of rotatable bonds is 5. The van der Waals surface area contributed by atoms with E-state index in [1.165, 1.54) is 12.1 Å². The Bertz CT molecular complexity index is 990.